The molecule has 6 heteroatoms. The predicted octanol–water partition coefficient (Wildman–Crippen LogP) is -0.393. The van der Waals surface area contributed by atoms with E-state index in [1.165, 1.54) is 6.42 Å². The number of nitrogens with zero attached hydrogens (tertiary/aromatic N) is 1. The molecule has 0 saturated carbocycles. The molecule has 0 aromatic rings. The molecule has 106 valence electrons. The standard InChI is InChI=1S/C12H24N2O3S/c1-9(2)14(6-10-4-3-5-13-10)11-7-18(16,17)8-12(11)15/h9-13,15H,3-8H2,1-2H3. The van der Waals surface area contributed by atoms with Crippen LogP contribution in [0.3, 0.4) is 0 Å². The largest absolute Gasteiger partial charge is 0.390 e. The van der Waals surface area contributed by atoms with Gasteiger partial charge < -0.3 is 10.4 Å². The van der Waals surface area contributed by atoms with Gasteiger partial charge in [-0.1, -0.05) is 0 Å². The molecule has 5 nitrogen and oxygen atoms in total. The van der Waals surface area contributed by atoms with Crippen molar-refractivity contribution in [2.45, 2.75) is 50.9 Å². The van der Waals surface area contributed by atoms with Gasteiger partial charge in [0.1, 0.15) is 0 Å². The van der Waals surface area contributed by atoms with Crippen LogP contribution in [0.15, 0.2) is 0 Å². The molecular weight excluding hydrogens is 252 g/mol. The molecule has 0 spiro atoms. The van der Waals surface area contributed by atoms with Gasteiger partial charge in [-0.05, 0) is 33.2 Å². The molecule has 2 aliphatic heterocycles. The third-order valence-corrected chi connectivity index (χ3v) is 5.68. The summed E-state index contributed by atoms with van der Waals surface area (Å²) in [4.78, 5) is 2.15. The summed E-state index contributed by atoms with van der Waals surface area (Å²) in [6.07, 6.45) is 1.58. The Labute approximate surface area is 109 Å². The normalized spacial score (nSPS) is 35.7. The molecule has 0 aromatic heterocycles. The van der Waals surface area contributed by atoms with E-state index in [9.17, 15) is 13.5 Å². The van der Waals surface area contributed by atoms with Crippen LogP contribution in [-0.2, 0) is 9.84 Å². The number of sulfone groups is 1. The molecular formula is C12H24N2O3S. The van der Waals surface area contributed by atoms with E-state index in [0.29, 0.717) is 6.04 Å². The minimum Gasteiger partial charge on any atom is -0.390 e. The fraction of sp³-hybridized carbons (Fsp3) is 1.00. The van der Waals surface area contributed by atoms with Gasteiger partial charge in [0.15, 0.2) is 9.84 Å². The molecule has 2 N–H and O–H groups in total. The van der Waals surface area contributed by atoms with Crippen molar-refractivity contribution >= 4 is 9.84 Å². The van der Waals surface area contributed by atoms with Gasteiger partial charge in [-0.15, -0.1) is 0 Å². The van der Waals surface area contributed by atoms with Crippen molar-refractivity contribution in [1.29, 1.82) is 0 Å². The molecule has 2 heterocycles. The summed E-state index contributed by atoms with van der Waals surface area (Å²) in [7, 11) is -3.07. The van der Waals surface area contributed by atoms with E-state index >= 15 is 0 Å². The fourth-order valence-corrected chi connectivity index (χ4v) is 4.84. The summed E-state index contributed by atoms with van der Waals surface area (Å²) in [5, 5.41) is 13.4. The van der Waals surface area contributed by atoms with Crippen LogP contribution in [0.2, 0.25) is 0 Å². The van der Waals surface area contributed by atoms with Crippen LogP contribution in [0.25, 0.3) is 0 Å². The highest BCUT2D eigenvalue weighted by atomic mass is 32.2. The molecule has 2 rings (SSSR count). The molecule has 3 unspecified atom stereocenters. The Morgan fingerprint density at radius 2 is 2.11 bits per heavy atom. The van der Waals surface area contributed by atoms with Crippen molar-refractivity contribution in [3.63, 3.8) is 0 Å². The Morgan fingerprint density at radius 3 is 2.56 bits per heavy atom. The Morgan fingerprint density at radius 1 is 1.39 bits per heavy atom. The topological polar surface area (TPSA) is 69.6 Å². The maximum Gasteiger partial charge on any atom is 0.154 e. The van der Waals surface area contributed by atoms with Crippen LogP contribution in [0, 0.1) is 0 Å². The summed E-state index contributed by atoms with van der Waals surface area (Å²) in [5.74, 6) is 0.0120. The second-order valence-corrected chi connectivity index (χ2v) is 7.95. The first-order chi connectivity index (χ1) is 8.39. The van der Waals surface area contributed by atoms with Gasteiger partial charge in [0, 0.05) is 18.6 Å². The van der Waals surface area contributed by atoms with Gasteiger partial charge in [0.25, 0.3) is 0 Å². The molecule has 0 amide bonds. The highest BCUT2D eigenvalue weighted by molar-refractivity contribution is 7.91. The Balaban J connectivity index is 2.05. The number of hydrogen-bond acceptors (Lipinski definition) is 5. The highest BCUT2D eigenvalue weighted by Gasteiger charge is 2.41. The molecule has 0 radical (unpaired) electrons. The van der Waals surface area contributed by atoms with Crippen LogP contribution >= 0.6 is 0 Å². The van der Waals surface area contributed by atoms with Gasteiger partial charge in [-0.25, -0.2) is 8.42 Å². The monoisotopic (exact) mass is 276 g/mol. The molecule has 2 saturated heterocycles. The van der Waals surface area contributed by atoms with Gasteiger partial charge >= 0.3 is 0 Å². The number of aliphatic hydroxyl groups is 1. The zero-order valence-corrected chi connectivity index (χ0v) is 12.0. The second-order valence-electron chi connectivity index (χ2n) is 5.80. The zero-order valence-electron chi connectivity index (χ0n) is 11.2. The first-order valence-electron chi connectivity index (χ1n) is 6.76. The van der Waals surface area contributed by atoms with Gasteiger partial charge in [-0.3, -0.25) is 4.90 Å². The van der Waals surface area contributed by atoms with Crippen molar-refractivity contribution in [3.8, 4) is 0 Å². The number of rotatable bonds is 4. The lowest BCUT2D eigenvalue weighted by atomic mass is 10.1. The molecule has 18 heavy (non-hydrogen) atoms. The third kappa shape index (κ3) is 3.23. The van der Waals surface area contributed by atoms with E-state index in [1.54, 1.807) is 0 Å². The van der Waals surface area contributed by atoms with Crippen molar-refractivity contribution in [3.05, 3.63) is 0 Å². The van der Waals surface area contributed by atoms with Crippen molar-refractivity contribution in [1.82, 2.24) is 10.2 Å². The van der Waals surface area contributed by atoms with Crippen LogP contribution in [-0.4, -0.2) is 67.2 Å². The molecule has 0 aromatic carbocycles. The number of aliphatic hydroxyl groups excluding tert-OH is 1. The minimum absolute atomic E-state index is 0.0843. The Kier molecular flexibility index (Phi) is 4.31. The average molecular weight is 276 g/mol. The Bertz CT molecular complexity index is 377. The third-order valence-electron chi connectivity index (χ3n) is 3.98. The van der Waals surface area contributed by atoms with Crippen LogP contribution in [0.4, 0.5) is 0 Å². The van der Waals surface area contributed by atoms with E-state index in [-0.39, 0.29) is 23.6 Å². The summed E-state index contributed by atoms with van der Waals surface area (Å²) < 4.78 is 23.2. The maximum atomic E-state index is 11.6. The van der Waals surface area contributed by atoms with Crippen LogP contribution < -0.4 is 5.32 Å². The van der Waals surface area contributed by atoms with Crippen molar-refractivity contribution < 1.29 is 13.5 Å². The molecule has 0 bridgehead atoms. The van der Waals surface area contributed by atoms with Gasteiger partial charge in [0.05, 0.1) is 23.7 Å². The lowest BCUT2D eigenvalue weighted by Crippen LogP contribution is -2.51. The highest BCUT2D eigenvalue weighted by Crippen LogP contribution is 2.22. The predicted molar refractivity (Wildman–Crippen MR) is 71.3 cm³/mol. The second kappa shape index (κ2) is 5.45. The Hall–Kier alpha value is -0.170. The fourth-order valence-electron chi connectivity index (χ4n) is 3.02. The first kappa shape index (κ1) is 14.2. The van der Waals surface area contributed by atoms with Crippen LogP contribution in [0.1, 0.15) is 26.7 Å². The minimum atomic E-state index is -3.07. The first-order valence-corrected chi connectivity index (χ1v) is 8.59. The molecule has 0 aliphatic carbocycles. The quantitative estimate of drug-likeness (QED) is 0.732. The zero-order chi connectivity index (χ0) is 13.3. The lowest BCUT2D eigenvalue weighted by Gasteiger charge is -2.35. The van der Waals surface area contributed by atoms with Gasteiger partial charge in [-0.2, -0.15) is 0 Å². The SMILES string of the molecule is CC(C)N(CC1CCCN1)C1CS(=O)(=O)CC1O. The van der Waals surface area contributed by atoms with Crippen molar-refractivity contribution in [2.75, 3.05) is 24.6 Å². The van der Waals surface area contributed by atoms with Crippen molar-refractivity contribution in [2.24, 2.45) is 0 Å². The summed E-state index contributed by atoms with van der Waals surface area (Å²) in [5.41, 5.74) is 0. The summed E-state index contributed by atoms with van der Waals surface area (Å²) in [6, 6.07) is 0.445. The summed E-state index contributed by atoms with van der Waals surface area (Å²) in [6.45, 7) is 6.00. The molecule has 2 fully saturated rings. The maximum absolute atomic E-state index is 11.6. The van der Waals surface area contributed by atoms with Crippen LogP contribution in [0.5, 0.6) is 0 Å². The number of hydrogen-bond donors (Lipinski definition) is 2. The van der Waals surface area contributed by atoms with Gasteiger partial charge in [0.2, 0.25) is 0 Å². The average Bonchev–Trinajstić information content (AvgIpc) is 2.82. The van der Waals surface area contributed by atoms with E-state index in [1.807, 2.05) is 0 Å². The lowest BCUT2D eigenvalue weighted by molar-refractivity contribution is 0.0576. The summed E-state index contributed by atoms with van der Waals surface area (Å²) >= 11 is 0. The number of nitrogens with one attached hydrogen (secondary N) is 1. The van der Waals surface area contributed by atoms with E-state index in [2.05, 4.69) is 24.1 Å². The smallest absolute Gasteiger partial charge is 0.154 e. The molecule has 2 aliphatic rings. The molecule has 3 atom stereocenters. The van der Waals surface area contributed by atoms with E-state index in [0.717, 1.165) is 19.5 Å². The van der Waals surface area contributed by atoms with E-state index in [4.69, 9.17) is 0 Å². The van der Waals surface area contributed by atoms with E-state index < -0.39 is 15.9 Å².